The molecular formula is C18H23NO3. The van der Waals surface area contributed by atoms with Crippen molar-refractivity contribution in [1.82, 2.24) is 4.90 Å². The molecule has 0 radical (unpaired) electrons. The van der Waals surface area contributed by atoms with E-state index in [-0.39, 0.29) is 11.8 Å². The molecule has 1 aromatic rings. The molecule has 1 saturated carbocycles. The highest BCUT2D eigenvalue weighted by atomic mass is 16.4. The first-order chi connectivity index (χ1) is 10.5. The molecule has 2 fully saturated rings. The van der Waals surface area contributed by atoms with E-state index in [0.29, 0.717) is 25.4 Å². The molecule has 1 saturated heterocycles. The minimum Gasteiger partial charge on any atom is -0.481 e. The maximum Gasteiger partial charge on any atom is 0.311 e. The van der Waals surface area contributed by atoms with E-state index in [4.69, 9.17) is 0 Å². The highest BCUT2D eigenvalue weighted by Gasteiger charge is 2.44. The molecule has 22 heavy (non-hydrogen) atoms. The first kappa shape index (κ1) is 15.1. The van der Waals surface area contributed by atoms with Crippen LogP contribution < -0.4 is 0 Å². The lowest BCUT2D eigenvalue weighted by atomic mass is 9.81. The third-order valence-corrected chi connectivity index (χ3v) is 5.04. The van der Waals surface area contributed by atoms with Crippen molar-refractivity contribution in [3.8, 4) is 0 Å². The van der Waals surface area contributed by atoms with Gasteiger partial charge in [0, 0.05) is 13.1 Å². The first-order valence-corrected chi connectivity index (χ1v) is 8.08. The lowest BCUT2D eigenvalue weighted by Crippen LogP contribution is -2.49. The molecule has 0 bridgehead atoms. The number of benzene rings is 1. The molecule has 2 unspecified atom stereocenters. The SMILES string of the molecule is CC1(C(=O)O)CCCN(C(=O)C(c2ccccc2)C2CC2)C1. The van der Waals surface area contributed by atoms with Gasteiger partial charge in [0.25, 0.3) is 0 Å². The fraction of sp³-hybridized carbons (Fsp3) is 0.556. The third kappa shape index (κ3) is 2.87. The Balaban J connectivity index is 1.81. The zero-order valence-corrected chi connectivity index (χ0v) is 13.0. The molecule has 1 amide bonds. The Labute approximate surface area is 131 Å². The molecule has 1 N–H and O–H groups in total. The van der Waals surface area contributed by atoms with E-state index in [1.165, 1.54) is 0 Å². The molecule has 118 valence electrons. The van der Waals surface area contributed by atoms with Gasteiger partial charge in [0.05, 0.1) is 11.3 Å². The van der Waals surface area contributed by atoms with Crippen molar-refractivity contribution in [1.29, 1.82) is 0 Å². The molecule has 1 aliphatic carbocycles. The van der Waals surface area contributed by atoms with Crippen molar-refractivity contribution in [2.24, 2.45) is 11.3 Å². The minimum atomic E-state index is -0.807. The van der Waals surface area contributed by atoms with Crippen LogP contribution in [-0.4, -0.2) is 35.0 Å². The Morgan fingerprint density at radius 3 is 2.55 bits per heavy atom. The number of amides is 1. The average molecular weight is 301 g/mol. The maximum atomic E-state index is 13.0. The normalized spacial score (nSPS) is 26.5. The summed E-state index contributed by atoms with van der Waals surface area (Å²) in [6.07, 6.45) is 3.59. The van der Waals surface area contributed by atoms with Gasteiger partial charge in [0.1, 0.15) is 0 Å². The summed E-state index contributed by atoms with van der Waals surface area (Å²) in [6.45, 7) is 2.76. The molecule has 4 heteroatoms. The molecule has 4 nitrogen and oxygen atoms in total. The Kier molecular flexibility index (Phi) is 3.94. The van der Waals surface area contributed by atoms with Crippen molar-refractivity contribution in [2.45, 2.75) is 38.5 Å². The third-order valence-electron chi connectivity index (χ3n) is 5.04. The molecular weight excluding hydrogens is 278 g/mol. The summed E-state index contributed by atoms with van der Waals surface area (Å²) in [7, 11) is 0. The van der Waals surface area contributed by atoms with Crippen molar-refractivity contribution >= 4 is 11.9 Å². The minimum absolute atomic E-state index is 0.0997. The van der Waals surface area contributed by atoms with Gasteiger partial charge in [-0.2, -0.15) is 0 Å². The van der Waals surface area contributed by atoms with Crippen LogP contribution >= 0.6 is 0 Å². The number of carboxylic acids is 1. The number of hydrogen-bond acceptors (Lipinski definition) is 2. The Morgan fingerprint density at radius 2 is 1.95 bits per heavy atom. The molecule has 3 rings (SSSR count). The first-order valence-electron chi connectivity index (χ1n) is 8.08. The van der Waals surface area contributed by atoms with E-state index in [1.54, 1.807) is 11.8 Å². The monoisotopic (exact) mass is 301 g/mol. The van der Waals surface area contributed by atoms with E-state index in [1.807, 2.05) is 30.3 Å². The number of carbonyl (C=O) groups excluding carboxylic acids is 1. The van der Waals surface area contributed by atoms with Crippen LogP contribution in [0.15, 0.2) is 30.3 Å². The molecule has 2 aliphatic rings. The average Bonchev–Trinajstić information content (AvgIpc) is 3.33. The van der Waals surface area contributed by atoms with Crippen LogP contribution in [0, 0.1) is 11.3 Å². The van der Waals surface area contributed by atoms with E-state index in [0.717, 1.165) is 24.8 Å². The highest BCUT2D eigenvalue weighted by molar-refractivity contribution is 5.85. The van der Waals surface area contributed by atoms with Crippen LogP contribution in [0.25, 0.3) is 0 Å². The zero-order chi connectivity index (χ0) is 15.7. The number of carboxylic acid groups (broad SMARTS) is 1. The van der Waals surface area contributed by atoms with Crippen molar-refractivity contribution < 1.29 is 14.7 Å². The number of rotatable bonds is 4. The number of likely N-dealkylation sites (tertiary alicyclic amines) is 1. The van der Waals surface area contributed by atoms with Gasteiger partial charge in [0.15, 0.2) is 0 Å². The summed E-state index contributed by atoms with van der Waals surface area (Å²) in [5.74, 6) is -0.362. The van der Waals surface area contributed by atoms with Gasteiger partial charge in [-0.15, -0.1) is 0 Å². The number of nitrogens with zero attached hydrogens (tertiary/aromatic N) is 1. The maximum absolute atomic E-state index is 13.0. The van der Waals surface area contributed by atoms with Gasteiger partial charge in [0.2, 0.25) is 5.91 Å². The predicted octanol–water partition coefficient (Wildman–Crippen LogP) is 2.89. The molecule has 1 heterocycles. The van der Waals surface area contributed by atoms with Gasteiger partial charge < -0.3 is 10.0 Å². The molecule has 0 spiro atoms. The van der Waals surface area contributed by atoms with Crippen molar-refractivity contribution in [2.75, 3.05) is 13.1 Å². The van der Waals surface area contributed by atoms with Crippen LogP contribution in [0.3, 0.4) is 0 Å². The van der Waals surface area contributed by atoms with Crippen LogP contribution in [0.2, 0.25) is 0 Å². The summed E-state index contributed by atoms with van der Waals surface area (Å²) in [5.41, 5.74) is 0.260. The molecule has 1 aliphatic heterocycles. The van der Waals surface area contributed by atoms with Gasteiger partial charge in [-0.25, -0.2) is 0 Å². The molecule has 0 aromatic heterocycles. The highest BCUT2D eigenvalue weighted by Crippen LogP contribution is 2.44. The Hall–Kier alpha value is -1.84. The molecule has 1 aromatic carbocycles. The second-order valence-electron chi connectivity index (χ2n) is 6.95. The van der Waals surface area contributed by atoms with Crippen LogP contribution in [-0.2, 0) is 9.59 Å². The van der Waals surface area contributed by atoms with Crippen molar-refractivity contribution in [3.05, 3.63) is 35.9 Å². The summed E-state index contributed by atoms with van der Waals surface area (Å²) < 4.78 is 0. The lowest BCUT2D eigenvalue weighted by Gasteiger charge is -2.39. The van der Waals surface area contributed by atoms with Crippen LogP contribution in [0.4, 0.5) is 0 Å². The topological polar surface area (TPSA) is 57.6 Å². The summed E-state index contributed by atoms with van der Waals surface area (Å²) in [6, 6.07) is 9.92. The van der Waals surface area contributed by atoms with E-state index in [2.05, 4.69) is 0 Å². The fourth-order valence-corrected chi connectivity index (χ4v) is 3.51. The number of hydrogen-bond donors (Lipinski definition) is 1. The van der Waals surface area contributed by atoms with E-state index < -0.39 is 11.4 Å². The Bertz CT molecular complexity index is 567. The van der Waals surface area contributed by atoms with Crippen LogP contribution in [0.5, 0.6) is 0 Å². The van der Waals surface area contributed by atoms with Gasteiger partial charge in [-0.1, -0.05) is 30.3 Å². The summed E-state index contributed by atoms with van der Waals surface area (Å²) in [5, 5.41) is 9.44. The predicted molar refractivity (Wildman–Crippen MR) is 83.5 cm³/mol. The van der Waals surface area contributed by atoms with Crippen molar-refractivity contribution in [3.63, 3.8) is 0 Å². The second kappa shape index (κ2) is 5.75. The standard InChI is InChI=1S/C18H23NO3/c1-18(17(21)22)10-5-11-19(12-18)16(20)15(14-8-9-14)13-6-3-2-4-7-13/h2-4,6-7,14-15H,5,8-12H2,1H3,(H,21,22). The van der Waals surface area contributed by atoms with Gasteiger partial charge >= 0.3 is 5.97 Å². The number of piperidine rings is 1. The van der Waals surface area contributed by atoms with Gasteiger partial charge in [-0.05, 0) is 44.1 Å². The van der Waals surface area contributed by atoms with Crippen LogP contribution in [0.1, 0.15) is 44.1 Å². The number of aliphatic carboxylic acids is 1. The number of carbonyl (C=O) groups is 2. The van der Waals surface area contributed by atoms with Gasteiger partial charge in [-0.3, -0.25) is 9.59 Å². The quantitative estimate of drug-likeness (QED) is 0.930. The Morgan fingerprint density at radius 1 is 1.27 bits per heavy atom. The largest absolute Gasteiger partial charge is 0.481 e. The smallest absolute Gasteiger partial charge is 0.311 e. The summed E-state index contributed by atoms with van der Waals surface area (Å²) >= 11 is 0. The fourth-order valence-electron chi connectivity index (χ4n) is 3.51. The van der Waals surface area contributed by atoms with E-state index >= 15 is 0 Å². The zero-order valence-electron chi connectivity index (χ0n) is 13.0. The second-order valence-corrected chi connectivity index (χ2v) is 6.95. The molecule has 2 atom stereocenters. The lowest BCUT2D eigenvalue weighted by molar-refractivity contribution is -0.153. The summed E-state index contributed by atoms with van der Waals surface area (Å²) in [4.78, 5) is 26.3. The van der Waals surface area contributed by atoms with E-state index in [9.17, 15) is 14.7 Å².